The SMILES string of the molecule is Cc1ccc(N2C(=O)C(O)=C(C(=O)c3ccc(C(C)C)cc3)C2c2ccc(Oc3ncn(COC[Si](C)(C)C)n3)cc2)nn1. The van der Waals surface area contributed by atoms with E-state index in [1.807, 2.05) is 12.1 Å². The van der Waals surface area contributed by atoms with Crippen LogP contribution in [-0.2, 0) is 16.3 Å². The normalized spacial score (nSPS) is 15.4. The highest BCUT2D eigenvalue weighted by molar-refractivity contribution is 6.76. The minimum absolute atomic E-state index is 0.0398. The van der Waals surface area contributed by atoms with Crippen LogP contribution in [-0.4, -0.2) is 56.1 Å². The molecule has 0 aliphatic carbocycles. The second-order valence-corrected chi connectivity index (χ2v) is 17.7. The van der Waals surface area contributed by atoms with Crippen molar-refractivity contribution in [2.24, 2.45) is 0 Å². The fourth-order valence-electron chi connectivity index (χ4n) is 4.74. The van der Waals surface area contributed by atoms with Crippen molar-refractivity contribution in [1.82, 2.24) is 25.0 Å². The smallest absolute Gasteiger partial charge is 0.341 e. The van der Waals surface area contributed by atoms with Crippen molar-refractivity contribution >= 4 is 25.6 Å². The molecule has 0 bridgehead atoms. The Morgan fingerprint density at radius 2 is 1.70 bits per heavy atom. The summed E-state index contributed by atoms with van der Waals surface area (Å²) < 4.78 is 13.1. The summed E-state index contributed by atoms with van der Waals surface area (Å²) in [5.41, 5.74) is 2.63. The lowest BCUT2D eigenvalue weighted by Crippen LogP contribution is -2.32. The molecule has 0 saturated carbocycles. The van der Waals surface area contributed by atoms with E-state index >= 15 is 0 Å². The highest BCUT2D eigenvalue weighted by Gasteiger charge is 2.45. The summed E-state index contributed by atoms with van der Waals surface area (Å²) in [5.74, 6) is -0.864. The molecule has 2 aromatic heterocycles. The molecule has 228 valence electrons. The average Bonchev–Trinajstić information content (AvgIpc) is 3.54. The molecule has 3 heterocycles. The number of carbonyl (C=O) groups is 2. The van der Waals surface area contributed by atoms with E-state index in [4.69, 9.17) is 9.47 Å². The van der Waals surface area contributed by atoms with Crippen molar-refractivity contribution in [3.63, 3.8) is 0 Å². The Hall–Kier alpha value is -4.68. The molecule has 44 heavy (non-hydrogen) atoms. The molecule has 1 amide bonds. The Morgan fingerprint density at radius 3 is 2.32 bits per heavy atom. The Morgan fingerprint density at radius 1 is 1.00 bits per heavy atom. The van der Waals surface area contributed by atoms with Crippen LogP contribution in [0.2, 0.25) is 19.6 Å². The minimum Gasteiger partial charge on any atom is -0.503 e. The molecule has 0 radical (unpaired) electrons. The summed E-state index contributed by atoms with van der Waals surface area (Å²) in [6, 6.07) is 16.6. The lowest BCUT2D eigenvalue weighted by Gasteiger charge is -2.25. The number of rotatable bonds is 11. The molecule has 0 fully saturated rings. The maximum absolute atomic E-state index is 13.9. The largest absolute Gasteiger partial charge is 0.503 e. The number of nitrogens with zero attached hydrogens (tertiary/aromatic N) is 6. The summed E-state index contributed by atoms with van der Waals surface area (Å²) in [6.45, 7) is 12.9. The fraction of sp³-hybridized carbons (Fsp3) is 0.312. The van der Waals surface area contributed by atoms with Gasteiger partial charge in [0.2, 0.25) is 0 Å². The van der Waals surface area contributed by atoms with Crippen LogP contribution in [0.15, 0.2) is 78.3 Å². The van der Waals surface area contributed by atoms with Crippen LogP contribution in [0, 0.1) is 6.92 Å². The summed E-state index contributed by atoms with van der Waals surface area (Å²) in [5, 5.41) is 23.7. The van der Waals surface area contributed by atoms with Gasteiger partial charge in [-0.1, -0.05) is 69.9 Å². The molecule has 0 saturated heterocycles. The van der Waals surface area contributed by atoms with Crippen LogP contribution in [0.1, 0.15) is 53.0 Å². The Balaban J connectivity index is 1.42. The highest BCUT2D eigenvalue weighted by Crippen LogP contribution is 2.41. The van der Waals surface area contributed by atoms with Crippen LogP contribution in [0.4, 0.5) is 5.82 Å². The first kappa shape index (κ1) is 30.8. The number of benzene rings is 2. The van der Waals surface area contributed by atoms with Crippen molar-refractivity contribution in [3.05, 3.63) is 101 Å². The second kappa shape index (κ2) is 12.5. The molecule has 1 aliphatic rings. The van der Waals surface area contributed by atoms with Gasteiger partial charge in [-0.3, -0.25) is 14.5 Å². The predicted molar refractivity (Wildman–Crippen MR) is 167 cm³/mol. The number of ketones is 1. The van der Waals surface area contributed by atoms with Gasteiger partial charge in [0.05, 0.1) is 25.4 Å². The number of Topliss-reactive ketones (excluding diaryl/α,β-unsaturated/α-hetero) is 1. The van der Waals surface area contributed by atoms with Gasteiger partial charge in [-0.15, -0.1) is 10.2 Å². The molecule has 4 aromatic rings. The number of hydrogen-bond donors (Lipinski definition) is 1. The van der Waals surface area contributed by atoms with Gasteiger partial charge >= 0.3 is 6.01 Å². The lowest BCUT2D eigenvalue weighted by molar-refractivity contribution is -0.117. The molecular formula is C32H36N6O5Si. The van der Waals surface area contributed by atoms with Gasteiger partial charge in [-0.25, -0.2) is 4.68 Å². The number of amides is 1. The number of aliphatic hydroxyl groups excluding tert-OH is 1. The number of aromatic nitrogens is 5. The Kier molecular flexibility index (Phi) is 8.74. The van der Waals surface area contributed by atoms with E-state index in [-0.39, 0.29) is 30.1 Å². The molecule has 11 nitrogen and oxygen atoms in total. The first-order chi connectivity index (χ1) is 20.9. The monoisotopic (exact) mass is 612 g/mol. The van der Waals surface area contributed by atoms with E-state index in [0.717, 1.165) is 5.56 Å². The van der Waals surface area contributed by atoms with Gasteiger partial charge in [0.25, 0.3) is 5.91 Å². The standard InChI is InChI=1S/C32H36N6O5Si/c1-20(2)22-8-10-24(11-9-22)29(39)27-28(38(31(41)30(27)40)26-16-7-21(3)34-35-26)23-12-14-25(15-13-23)43-32-33-17-37(36-32)18-42-19-44(4,5)6/h7-17,20,28,40H,18-19H2,1-6H3. The molecule has 1 aliphatic heterocycles. The second-order valence-electron chi connectivity index (χ2n) is 12.3. The minimum atomic E-state index is -1.34. The third kappa shape index (κ3) is 6.76. The molecular weight excluding hydrogens is 576 g/mol. The van der Waals surface area contributed by atoms with Crippen LogP contribution < -0.4 is 9.64 Å². The Bertz CT molecular complexity index is 1680. The van der Waals surface area contributed by atoms with E-state index in [0.29, 0.717) is 28.8 Å². The molecule has 5 rings (SSSR count). The number of aliphatic hydroxyl groups is 1. The summed E-state index contributed by atoms with van der Waals surface area (Å²) in [7, 11) is -1.34. The highest BCUT2D eigenvalue weighted by atomic mass is 28.3. The van der Waals surface area contributed by atoms with E-state index in [1.165, 1.54) is 11.2 Å². The topological polar surface area (TPSA) is 133 Å². The number of hydrogen-bond acceptors (Lipinski definition) is 9. The van der Waals surface area contributed by atoms with E-state index < -0.39 is 31.6 Å². The molecule has 1 unspecified atom stereocenters. The number of anilines is 1. The zero-order chi connectivity index (χ0) is 31.6. The molecule has 2 aromatic carbocycles. The first-order valence-electron chi connectivity index (χ1n) is 14.4. The maximum Gasteiger partial charge on any atom is 0.341 e. The van der Waals surface area contributed by atoms with Crippen molar-refractivity contribution < 1.29 is 24.2 Å². The lowest BCUT2D eigenvalue weighted by atomic mass is 9.91. The van der Waals surface area contributed by atoms with Crippen molar-refractivity contribution in [2.75, 3.05) is 11.1 Å². The number of ether oxygens (including phenoxy) is 2. The van der Waals surface area contributed by atoms with Crippen molar-refractivity contribution in [2.45, 2.75) is 59.1 Å². The van der Waals surface area contributed by atoms with Crippen LogP contribution in [0.25, 0.3) is 0 Å². The average molecular weight is 613 g/mol. The van der Waals surface area contributed by atoms with Crippen LogP contribution in [0.3, 0.4) is 0 Å². The van der Waals surface area contributed by atoms with Crippen molar-refractivity contribution in [1.29, 1.82) is 0 Å². The Labute approximate surface area is 257 Å². The fourth-order valence-corrected chi connectivity index (χ4v) is 5.44. The van der Waals surface area contributed by atoms with Gasteiger partial charge in [0.15, 0.2) is 17.4 Å². The predicted octanol–water partition coefficient (Wildman–Crippen LogP) is 5.93. The molecule has 1 atom stereocenters. The van der Waals surface area contributed by atoms with Gasteiger partial charge < -0.3 is 14.6 Å². The summed E-state index contributed by atoms with van der Waals surface area (Å²) in [4.78, 5) is 32.8. The van der Waals surface area contributed by atoms with Gasteiger partial charge in [0, 0.05) is 11.8 Å². The van der Waals surface area contributed by atoms with Crippen LogP contribution >= 0.6 is 0 Å². The van der Waals surface area contributed by atoms with Gasteiger partial charge in [-0.05, 0) is 48.2 Å². The molecule has 12 heteroatoms. The number of aryl methyl sites for hydroxylation is 1. The summed E-state index contributed by atoms with van der Waals surface area (Å²) >= 11 is 0. The summed E-state index contributed by atoms with van der Waals surface area (Å²) in [6.07, 6.45) is 2.24. The molecule has 0 spiro atoms. The molecule has 1 N–H and O–H groups in total. The van der Waals surface area contributed by atoms with Gasteiger partial charge in [-0.2, -0.15) is 10.1 Å². The quantitative estimate of drug-likeness (QED) is 0.162. The van der Waals surface area contributed by atoms with Crippen molar-refractivity contribution in [3.8, 4) is 11.8 Å². The van der Waals surface area contributed by atoms with E-state index in [2.05, 4.69) is 53.8 Å². The van der Waals surface area contributed by atoms with E-state index in [9.17, 15) is 14.7 Å². The number of carbonyl (C=O) groups excluding carboxylic acids is 2. The third-order valence-corrected chi connectivity index (χ3v) is 8.07. The zero-order valence-electron chi connectivity index (χ0n) is 25.7. The van der Waals surface area contributed by atoms with Gasteiger partial charge in [0.1, 0.15) is 18.8 Å². The first-order valence-corrected chi connectivity index (χ1v) is 18.1. The van der Waals surface area contributed by atoms with Crippen LogP contribution in [0.5, 0.6) is 11.8 Å². The van der Waals surface area contributed by atoms with E-state index in [1.54, 1.807) is 60.1 Å². The maximum atomic E-state index is 13.9. The third-order valence-electron chi connectivity index (χ3n) is 7.00. The zero-order valence-corrected chi connectivity index (χ0v) is 26.7.